The molecule has 44 nitrogen and oxygen atoms in total. The number of esters is 4. The van der Waals surface area contributed by atoms with Crippen molar-refractivity contribution in [1.29, 1.82) is 0 Å². The Balaban J connectivity index is 0.000000163. The van der Waals surface area contributed by atoms with Crippen molar-refractivity contribution in [3.05, 3.63) is 170 Å². The summed E-state index contributed by atoms with van der Waals surface area (Å²) in [5.74, 6) is -7.80. The Labute approximate surface area is 651 Å². The molecule has 9 N–H and O–H groups in total. The summed E-state index contributed by atoms with van der Waals surface area (Å²) in [6.07, 6.45) is 11.8. The number of ether oxygens (including phenoxy) is 2. The minimum absolute atomic E-state index is 0. The average Bonchev–Trinajstić information content (AvgIpc) is 1.33. The molecule has 11 heterocycles. The molecule has 0 unspecified atom stereocenters. The number of nitrogens with one attached hydrogen (secondary N) is 6. The fourth-order valence-corrected chi connectivity index (χ4v) is 9.63. The molecule has 0 radical (unpaired) electrons. The van der Waals surface area contributed by atoms with Gasteiger partial charge in [0.1, 0.15) is 60.7 Å². The van der Waals surface area contributed by atoms with E-state index in [-0.39, 0.29) is 83.7 Å². The predicted octanol–water partition coefficient (Wildman–Crippen LogP) is -1.53. The molecular formula is C68H53N24NaO20. The number of nitrogen functional groups attached to an aromatic ring is 1. The van der Waals surface area contributed by atoms with Gasteiger partial charge in [-0.05, 0) is 116 Å². The molecule has 5 aliphatic rings. The van der Waals surface area contributed by atoms with Crippen LogP contribution in [0, 0.1) is 0 Å². The normalized spacial score (nSPS) is 13.5. The maximum absolute atomic E-state index is 11.6. The Morgan fingerprint density at radius 1 is 0.442 bits per heavy atom. The molecule has 0 spiro atoms. The van der Waals surface area contributed by atoms with Gasteiger partial charge in [-0.2, -0.15) is 81.7 Å². The Morgan fingerprint density at radius 3 is 1.12 bits per heavy atom. The summed E-state index contributed by atoms with van der Waals surface area (Å²) in [7, 11) is 0. The Morgan fingerprint density at radius 2 is 0.770 bits per heavy atom. The number of carboxylic acids is 2. The van der Waals surface area contributed by atoms with Crippen molar-refractivity contribution >= 4 is 195 Å². The van der Waals surface area contributed by atoms with Gasteiger partial charge in [-0.1, -0.05) is 5.21 Å². The number of aromatic amines is 5. The number of imide groups is 4. The summed E-state index contributed by atoms with van der Waals surface area (Å²) in [5.41, 5.74) is 16.6. The van der Waals surface area contributed by atoms with Crippen LogP contribution in [0.5, 0.6) is 0 Å². The standard InChI is InChI=1S/C12H8N4O3.C10H8N4O3.C10H8N4O2.2C10H6N4O2.C6H6N4.C4H2O3.C4H6O3.C2H4O2.Na/c1-7(17)16-10-3-2-8(6-9(10)13-14-16)15-11(18)4-5-12(15)19;15-9(3-4-10(16)17)11-6-1-2-7-8(5-6)13-14-12-7;3*15-9-3-4-10(16)14(9)6-1-2-7-8(5-6)12-13-11-7;7-4-1-2-5-6(3-4)9-10-8-5;5-3-1-2-4(6)7-3;1-3(5)7-4(2)6;1-2(3)4;/h2-6H,1H3;1-5H,(H,11,15)(H,16,17)(H,12,13,14);1-2,5H,3-4H2,(H,11,12,13);2*1-5H,(H,11,12,13);1-3H,7H2,(H,8,9,10);1-2H;1-2H3;1H3,(H,3,4);/q;;;;;;;;;+1/p-1/b;4-3+;;;;;;;;. The summed E-state index contributed by atoms with van der Waals surface area (Å²) in [4.78, 5) is 177. The van der Waals surface area contributed by atoms with E-state index in [9.17, 15) is 71.9 Å². The fraction of sp³-hybridized carbons (Fsp3) is 0.0882. The van der Waals surface area contributed by atoms with Crippen molar-refractivity contribution in [1.82, 2.24) is 92.0 Å². The number of nitrogens with zero attached hydrogens (tertiary/aromatic N) is 17. The van der Waals surface area contributed by atoms with Crippen LogP contribution in [0.25, 0.3) is 66.2 Å². The summed E-state index contributed by atoms with van der Waals surface area (Å²) in [6.45, 7) is 4.71. The van der Waals surface area contributed by atoms with Crippen LogP contribution in [0.2, 0.25) is 0 Å². The molecule has 1 fully saturated rings. The van der Waals surface area contributed by atoms with Crippen LogP contribution >= 0.6 is 0 Å². The number of hydrogen-bond acceptors (Lipinski definition) is 32. The van der Waals surface area contributed by atoms with Crippen molar-refractivity contribution in [2.45, 2.75) is 40.5 Å². The molecule has 17 rings (SSSR count). The first-order chi connectivity index (χ1) is 53.5. The van der Waals surface area contributed by atoms with Gasteiger partial charge in [0, 0.05) is 112 Å². The van der Waals surface area contributed by atoms with E-state index in [0.717, 1.165) is 61.6 Å². The zero-order valence-electron chi connectivity index (χ0n) is 59.0. The van der Waals surface area contributed by atoms with Gasteiger partial charge in [-0.3, -0.25) is 62.4 Å². The zero-order valence-corrected chi connectivity index (χ0v) is 61.0. The number of fused-ring (bicyclic) bond motifs is 6. The molecule has 45 heteroatoms. The number of aromatic nitrogens is 18. The molecular weight excluding hydrogens is 1500 g/mol. The number of aliphatic carboxylic acids is 2. The SMILES string of the molecule is CC(=O)OC(C)=O.CC(=O)[O-].CC(=O)n1nnc2cc(N3C(=O)C=CC3=O)ccc21.Nc1ccc2n[nH]nc2c1.O=C(O)/C=C/C(=O)Nc1ccc2n[nH]nc2c1.O=C1C=CC(=O)N1c1ccc2n[nH]nc2c1.O=C1C=CC(=O)N1c1ccc2n[nH]nc2c1.O=C1C=CC(=O)O1.O=C1CCC(=O)N1c1ccc2n[nH]nc2c1.[Na+]. The van der Waals surface area contributed by atoms with Crippen LogP contribution in [0.1, 0.15) is 45.3 Å². The van der Waals surface area contributed by atoms with E-state index in [2.05, 4.69) is 102 Å². The van der Waals surface area contributed by atoms with Crippen molar-refractivity contribution < 1.29 is 126 Å². The molecule has 6 aromatic heterocycles. The van der Waals surface area contributed by atoms with E-state index in [0.29, 0.717) is 89.3 Å². The third-order valence-electron chi connectivity index (χ3n) is 14.3. The molecule has 5 aliphatic heterocycles. The van der Waals surface area contributed by atoms with Crippen molar-refractivity contribution in [2.75, 3.05) is 30.7 Å². The molecule has 0 atom stereocenters. The number of carbonyl (C=O) groups is 16. The number of carbonyl (C=O) groups excluding carboxylic acids is 15. The number of benzene rings is 6. The van der Waals surface area contributed by atoms with E-state index >= 15 is 0 Å². The Hall–Kier alpha value is -15.9. The largest absolute Gasteiger partial charge is 1.00 e. The molecule has 113 heavy (non-hydrogen) atoms. The maximum Gasteiger partial charge on any atom is 1.00 e. The Bertz CT molecular complexity index is 5630. The van der Waals surface area contributed by atoms with Gasteiger partial charge >= 0.3 is 59.4 Å². The third kappa shape index (κ3) is 22.4. The summed E-state index contributed by atoms with van der Waals surface area (Å²) < 4.78 is 9.10. The van der Waals surface area contributed by atoms with Crippen LogP contribution in [-0.4, -0.2) is 192 Å². The number of cyclic esters (lactones) is 2. The second-order valence-corrected chi connectivity index (χ2v) is 22.3. The van der Waals surface area contributed by atoms with Crippen molar-refractivity contribution in [3.63, 3.8) is 0 Å². The smallest absolute Gasteiger partial charge is 0.550 e. The number of nitrogens with two attached hydrogens (primary N) is 1. The minimum Gasteiger partial charge on any atom is -0.550 e. The monoisotopic (exact) mass is 1550 g/mol. The maximum atomic E-state index is 11.6. The number of carboxylic acid groups (broad SMARTS) is 2. The van der Waals surface area contributed by atoms with Gasteiger partial charge in [0.2, 0.25) is 23.6 Å². The molecule has 0 saturated carbocycles. The van der Waals surface area contributed by atoms with Crippen LogP contribution in [0.4, 0.5) is 34.1 Å². The van der Waals surface area contributed by atoms with Crippen LogP contribution < -0.4 is 65.3 Å². The number of rotatable bonds is 7. The van der Waals surface area contributed by atoms with Gasteiger partial charge in [0.15, 0.2) is 0 Å². The summed E-state index contributed by atoms with van der Waals surface area (Å²) >= 11 is 0. The first-order valence-electron chi connectivity index (χ1n) is 31.7. The second-order valence-electron chi connectivity index (χ2n) is 22.3. The number of hydrogen-bond donors (Lipinski definition) is 8. The van der Waals surface area contributed by atoms with Gasteiger partial charge in [-0.15, -0.1) is 5.10 Å². The number of H-pyrrole nitrogens is 5. The second kappa shape index (κ2) is 38.1. The van der Waals surface area contributed by atoms with E-state index in [1.807, 2.05) is 6.07 Å². The minimum atomic E-state index is -1.17. The molecule has 566 valence electrons. The quantitative estimate of drug-likeness (QED) is 0.0224. The van der Waals surface area contributed by atoms with Crippen LogP contribution in [-0.2, 0) is 81.4 Å². The average molecular weight is 1550 g/mol. The van der Waals surface area contributed by atoms with Gasteiger partial charge < -0.3 is 35.5 Å². The summed E-state index contributed by atoms with van der Waals surface area (Å²) in [6, 6.07) is 30.2. The van der Waals surface area contributed by atoms with Crippen LogP contribution in [0.3, 0.4) is 0 Å². The first-order valence-corrected chi connectivity index (χ1v) is 31.7. The molecule has 9 amide bonds. The van der Waals surface area contributed by atoms with Crippen molar-refractivity contribution in [2.24, 2.45) is 0 Å². The van der Waals surface area contributed by atoms with E-state index in [1.54, 1.807) is 103 Å². The van der Waals surface area contributed by atoms with Crippen LogP contribution in [0.15, 0.2) is 170 Å². The van der Waals surface area contributed by atoms with Gasteiger partial charge in [0.25, 0.3) is 35.4 Å². The molecule has 12 aromatic rings. The van der Waals surface area contributed by atoms with E-state index < -0.39 is 53.5 Å². The number of amides is 9. The molecule has 0 aliphatic carbocycles. The van der Waals surface area contributed by atoms with Gasteiger partial charge in [-0.25, -0.2) is 29.1 Å². The topological polar surface area (TPSA) is 624 Å². The summed E-state index contributed by atoms with van der Waals surface area (Å²) in [5, 5.41) is 78.5. The van der Waals surface area contributed by atoms with E-state index in [1.165, 1.54) is 62.1 Å². The van der Waals surface area contributed by atoms with E-state index in [4.69, 9.17) is 20.7 Å². The number of anilines is 6. The molecule has 6 aromatic carbocycles. The third-order valence-corrected chi connectivity index (χ3v) is 14.3. The molecule has 1 saturated heterocycles. The van der Waals surface area contributed by atoms with Gasteiger partial charge in [0.05, 0.1) is 28.3 Å². The first kappa shape index (κ1) is 82.8. The predicted molar refractivity (Wildman–Crippen MR) is 383 cm³/mol. The Kier molecular flexibility index (Phi) is 27.9. The zero-order chi connectivity index (χ0) is 80.9. The molecule has 0 bridgehead atoms. The fourth-order valence-electron chi connectivity index (χ4n) is 9.63. The van der Waals surface area contributed by atoms with Crippen molar-refractivity contribution in [3.8, 4) is 0 Å².